The Morgan fingerprint density at radius 1 is 1.19 bits per heavy atom. The highest BCUT2D eigenvalue weighted by atomic mass is 32.2. The molecule has 0 aliphatic heterocycles. The molecule has 2 N–H and O–H groups in total. The molecule has 0 saturated carbocycles. The van der Waals surface area contributed by atoms with Gasteiger partial charge in [0.25, 0.3) is 0 Å². The molecule has 0 aliphatic rings. The summed E-state index contributed by atoms with van der Waals surface area (Å²) in [6, 6.07) is 12.1. The van der Waals surface area contributed by atoms with E-state index in [-0.39, 0.29) is 11.4 Å². The fourth-order valence-electron chi connectivity index (χ4n) is 2.42. The lowest BCUT2D eigenvalue weighted by molar-refractivity contribution is 0.224. The van der Waals surface area contributed by atoms with Crippen molar-refractivity contribution in [1.82, 2.24) is 4.72 Å². The van der Waals surface area contributed by atoms with Crippen molar-refractivity contribution in [2.45, 2.75) is 24.5 Å². The summed E-state index contributed by atoms with van der Waals surface area (Å²) in [7, 11) is -3.69. The molecule has 3 aromatic rings. The molecule has 2 aromatic heterocycles. The minimum absolute atomic E-state index is 0.122. The van der Waals surface area contributed by atoms with Gasteiger partial charge in [0.15, 0.2) is 0 Å². The van der Waals surface area contributed by atoms with Crippen molar-refractivity contribution in [2.75, 3.05) is 6.61 Å². The van der Waals surface area contributed by atoms with E-state index in [2.05, 4.69) is 4.72 Å². The van der Waals surface area contributed by atoms with E-state index < -0.39 is 16.1 Å². The van der Waals surface area contributed by atoms with E-state index in [9.17, 15) is 13.5 Å². The Labute approximate surface area is 161 Å². The molecular formula is C18H19NO4S3. The maximum Gasteiger partial charge on any atom is 0.244 e. The van der Waals surface area contributed by atoms with Gasteiger partial charge in [0.05, 0.1) is 6.61 Å². The second-order valence-corrected chi connectivity index (χ2v) is 9.18. The van der Waals surface area contributed by atoms with Crippen LogP contribution in [0.3, 0.4) is 0 Å². The van der Waals surface area contributed by atoms with E-state index in [4.69, 9.17) is 4.74 Å². The normalized spacial score (nSPS) is 12.8. The number of benzene rings is 1. The summed E-state index contributed by atoms with van der Waals surface area (Å²) >= 11 is 2.91. The van der Waals surface area contributed by atoms with Crippen LogP contribution in [0.4, 0.5) is 0 Å². The van der Waals surface area contributed by atoms with Gasteiger partial charge in [-0.05, 0) is 53.6 Å². The molecule has 1 aromatic carbocycles. The molecule has 0 fully saturated rings. The predicted molar refractivity (Wildman–Crippen MR) is 104 cm³/mol. The van der Waals surface area contributed by atoms with E-state index >= 15 is 0 Å². The Balaban J connectivity index is 1.71. The molecule has 0 bridgehead atoms. The lowest BCUT2D eigenvalue weighted by atomic mass is 10.2. The van der Waals surface area contributed by atoms with Crippen molar-refractivity contribution in [2.24, 2.45) is 0 Å². The van der Waals surface area contributed by atoms with Gasteiger partial charge in [-0.25, -0.2) is 13.1 Å². The first-order valence-corrected chi connectivity index (χ1v) is 11.3. The number of sulfonamides is 1. The van der Waals surface area contributed by atoms with Gasteiger partial charge in [-0.3, -0.25) is 0 Å². The van der Waals surface area contributed by atoms with Crippen LogP contribution in [-0.4, -0.2) is 20.1 Å². The van der Waals surface area contributed by atoms with E-state index in [1.165, 1.54) is 28.7 Å². The molecule has 0 amide bonds. The molecule has 1 unspecified atom stereocenters. The summed E-state index contributed by atoms with van der Waals surface area (Å²) < 4.78 is 33.2. The van der Waals surface area contributed by atoms with E-state index in [0.29, 0.717) is 12.4 Å². The molecule has 0 radical (unpaired) electrons. The number of hydrogen-bond donors (Lipinski definition) is 2. The minimum atomic E-state index is -3.69. The van der Waals surface area contributed by atoms with E-state index in [0.717, 1.165) is 15.3 Å². The summed E-state index contributed by atoms with van der Waals surface area (Å²) in [5.41, 5.74) is 0.842. The fraction of sp³-hybridized carbons (Fsp3) is 0.222. The van der Waals surface area contributed by atoms with Crippen LogP contribution in [0.15, 0.2) is 58.1 Å². The van der Waals surface area contributed by atoms with Crippen molar-refractivity contribution in [3.63, 3.8) is 0 Å². The number of para-hydroxylation sites is 1. The number of aliphatic hydroxyl groups is 1. The number of ether oxygens (including phenoxy) is 1. The van der Waals surface area contributed by atoms with Gasteiger partial charge in [0.1, 0.15) is 16.7 Å². The standard InChI is InChI=1S/C18H19NO4S3/c1-2-23-15-5-3-4-6-17(15)26(21,22)19-11-14-7-8-16(25-14)18(20)13-9-10-24-12-13/h3-10,12,18-20H,2,11H2,1H3. The zero-order chi connectivity index (χ0) is 18.6. The third kappa shape index (κ3) is 4.33. The first-order valence-electron chi connectivity index (χ1n) is 8.01. The van der Waals surface area contributed by atoms with Crippen LogP contribution in [0.2, 0.25) is 0 Å². The number of rotatable bonds is 8. The monoisotopic (exact) mass is 409 g/mol. The Bertz CT molecular complexity index is 948. The highest BCUT2D eigenvalue weighted by molar-refractivity contribution is 7.89. The Morgan fingerprint density at radius 2 is 2.00 bits per heavy atom. The third-order valence-electron chi connectivity index (χ3n) is 3.69. The van der Waals surface area contributed by atoms with Gasteiger partial charge in [-0.1, -0.05) is 12.1 Å². The van der Waals surface area contributed by atoms with Crippen LogP contribution < -0.4 is 9.46 Å². The van der Waals surface area contributed by atoms with Gasteiger partial charge < -0.3 is 9.84 Å². The minimum Gasteiger partial charge on any atom is -0.492 e. The lowest BCUT2D eigenvalue weighted by Crippen LogP contribution is -2.23. The molecule has 138 valence electrons. The fourth-order valence-corrected chi connectivity index (χ4v) is 5.31. The SMILES string of the molecule is CCOc1ccccc1S(=O)(=O)NCc1ccc(C(O)c2ccsc2)s1. The number of aliphatic hydroxyl groups excluding tert-OH is 1. The van der Waals surface area contributed by atoms with Crippen molar-refractivity contribution in [3.8, 4) is 5.75 Å². The van der Waals surface area contributed by atoms with Crippen molar-refractivity contribution in [3.05, 3.63) is 68.5 Å². The van der Waals surface area contributed by atoms with Crippen molar-refractivity contribution < 1.29 is 18.3 Å². The summed E-state index contributed by atoms with van der Waals surface area (Å²) in [5.74, 6) is 0.335. The summed E-state index contributed by atoms with van der Waals surface area (Å²) in [6.07, 6.45) is -0.685. The third-order valence-corrected chi connectivity index (χ3v) is 6.97. The number of thiophene rings is 2. The average Bonchev–Trinajstić information content (AvgIpc) is 3.32. The largest absolute Gasteiger partial charge is 0.492 e. The Hall–Kier alpha value is -1.71. The van der Waals surface area contributed by atoms with Crippen molar-refractivity contribution >= 4 is 32.7 Å². The van der Waals surface area contributed by atoms with Crippen LogP contribution in [0.25, 0.3) is 0 Å². The van der Waals surface area contributed by atoms with Crippen molar-refractivity contribution in [1.29, 1.82) is 0 Å². The highest BCUT2D eigenvalue weighted by Crippen LogP contribution is 2.30. The smallest absolute Gasteiger partial charge is 0.244 e. The van der Waals surface area contributed by atoms with Crippen LogP contribution >= 0.6 is 22.7 Å². The summed E-state index contributed by atoms with van der Waals surface area (Å²) in [5, 5.41) is 14.2. The lowest BCUT2D eigenvalue weighted by Gasteiger charge is -2.11. The van der Waals surface area contributed by atoms with Crippen LogP contribution in [-0.2, 0) is 16.6 Å². The quantitative estimate of drug-likeness (QED) is 0.594. The first kappa shape index (κ1) is 19.1. The van der Waals surface area contributed by atoms with Gasteiger partial charge in [-0.15, -0.1) is 11.3 Å². The van der Waals surface area contributed by atoms with Crippen LogP contribution in [0, 0.1) is 0 Å². The van der Waals surface area contributed by atoms with Gasteiger partial charge >= 0.3 is 0 Å². The maximum absolute atomic E-state index is 12.6. The Morgan fingerprint density at radius 3 is 2.73 bits per heavy atom. The summed E-state index contributed by atoms with van der Waals surface area (Å²) in [4.78, 5) is 1.73. The zero-order valence-corrected chi connectivity index (χ0v) is 16.5. The van der Waals surface area contributed by atoms with Crippen LogP contribution in [0.1, 0.15) is 28.3 Å². The van der Waals surface area contributed by atoms with Gasteiger partial charge in [0.2, 0.25) is 10.0 Å². The molecule has 5 nitrogen and oxygen atoms in total. The molecule has 26 heavy (non-hydrogen) atoms. The second-order valence-electron chi connectivity index (χ2n) is 5.47. The zero-order valence-electron chi connectivity index (χ0n) is 14.1. The van der Waals surface area contributed by atoms with Gasteiger partial charge in [0, 0.05) is 16.3 Å². The molecule has 0 saturated heterocycles. The average molecular weight is 410 g/mol. The number of hydrogen-bond acceptors (Lipinski definition) is 6. The molecule has 0 aliphatic carbocycles. The Kier molecular flexibility index (Phi) is 6.10. The molecular weight excluding hydrogens is 390 g/mol. The molecule has 8 heteroatoms. The topological polar surface area (TPSA) is 75.6 Å². The molecule has 3 rings (SSSR count). The maximum atomic E-state index is 12.6. The predicted octanol–water partition coefficient (Wildman–Crippen LogP) is 3.77. The second kappa shape index (κ2) is 8.32. The molecule has 2 heterocycles. The number of nitrogens with one attached hydrogen (secondary N) is 1. The molecule has 0 spiro atoms. The van der Waals surface area contributed by atoms with E-state index in [1.807, 2.05) is 35.9 Å². The van der Waals surface area contributed by atoms with E-state index in [1.54, 1.807) is 18.2 Å². The van der Waals surface area contributed by atoms with Gasteiger partial charge in [-0.2, -0.15) is 11.3 Å². The highest BCUT2D eigenvalue weighted by Gasteiger charge is 2.20. The summed E-state index contributed by atoms with van der Waals surface area (Å²) in [6.45, 7) is 2.36. The van der Waals surface area contributed by atoms with Crippen LogP contribution in [0.5, 0.6) is 5.75 Å². The first-order chi connectivity index (χ1) is 12.5. The molecule has 1 atom stereocenters.